The number of carboxylic acids is 1. The van der Waals surface area contributed by atoms with Crippen LogP contribution < -0.4 is 0 Å². The van der Waals surface area contributed by atoms with Crippen LogP contribution in [0.5, 0.6) is 0 Å². The van der Waals surface area contributed by atoms with E-state index in [1.54, 1.807) is 4.90 Å². The Labute approximate surface area is 88.0 Å². The Kier molecular flexibility index (Phi) is 4.30. The highest BCUT2D eigenvalue weighted by Crippen LogP contribution is 2.10. The number of hydrogen-bond acceptors (Lipinski definition) is 3. The van der Waals surface area contributed by atoms with Crippen LogP contribution >= 0.6 is 0 Å². The second kappa shape index (κ2) is 5.50. The minimum Gasteiger partial charge on any atom is -0.478 e. The lowest BCUT2D eigenvalue weighted by atomic mass is 10.2. The lowest BCUT2D eigenvalue weighted by Gasteiger charge is -2.17. The number of hydrogen-bond donors (Lipinski definition) is 2. The molecule has 1 atom stereocenters. The van der Waals surface area contributed by atoms with E-state index in [9.17, 15) is 14.7 Å². The fourth-order valence-electron chi connectivity index (χ4n) is 1.55. The Balaban J connectivity index is 2.48. The van der Waals surface area contributed by atoms with Gasteiger partial charge in [-0.1, -0.05) is 0 Å². The van der Waals surface area contributed by atoms with E-state index >= 15 is 0 Å². The fourth-order valence-corrected chi connectivity index (χ4v) is 1.55. The van der Waals surface area contributed by atoms with Gasteiger partial charge in [-0.15, -0.1) is 0 Å². The summed E-state index contributed by atoms with van der Waals surface area (Å²) in [4.78, 5) is 23.2. The van der Waals surface area contributed by atoms with Gasteiger partial charge in [-0.3, -0.25) is 4.79 Å². The molecule has 0 aromatic rings. The van der Waals surface area contributed by atoms with E-state index in [2.05, 4.69) is 0 Å². The number of amides is 1. The molecule has 0 saturated carbocycles. The van der Waals surface area contributed by atoms with Gasteiger partial charge in [0.25, 0.3) is 0 Å². The molecule has 0 bridgehead atoms. The first kappa shape index (κ1) is 11.7. The van der Waals surface area contributed by atoms with Crippen LogP contribution in [0.1, 0.15) is 19.3 Å². The minimum absolute atomic E-state index is 0.300. The van der Waals surface area contributed by atoms with E-state index in [0.717, 1.165) is 18.6 Å². The SMILES string of the molecule is O=C(O)/C=C\C(=O)N1CCCC(O)CC1. The standard InChI is InChI=1S/C10H15NO4/c12-8-2-1-6-11(7-5-8)9(13)3-4-10(14)15/h3-4,8,12H,1-2,5-7H2,(H,14,15)/b4-3-. The molecule has 1 aliphatic rings. The van der Waals surface area contributed by atoms with Gasteiger partial charge in [-0.05, 0) is 19.3 Å². The summed E-state index contributed by atoms with van der Waals surface area (Å²) < 4.78 is 0. The highest BCUT2D eigenvalue weighted by molar-refractivity contribution is 5.93. The van der Waals surface area contributed by atoms with E-state index in [4.69, 9.17) is 5.11 Å². The van der Waals surface area contributed by atoms with Gasteiger partial charge in [0, 0.05) is 25.2 Å². The van der Waals surface area contributed by atoms with E-state index in [0.29, 0.717) is 25.9 Å². The number of aliphatic hydroxyl groups excluding tert-OH is 1. The predicted octanol–water partition coefficient (Wildman–Crippen LogP) is 0.000600. The molecule has 1 heterocycles. The number of carbonyl (C=O) groups is 2. The lowest BCUT2D eigenvalue weighted by Crippen LogP contribution is -2.30. The quantitative estimate of drug-likeness (QED) is 0.633. The average Bonchev–Trinajstić information content (AvgIpc) is 2.39. The van der Waals surface area contributed by atoms with Crippen LogP contribution in [-0.4, -0.2) is 46.2 Å². The summed E-state index contributed by atoms with van der Waals surface area (Å²) in [5, 5.41) is 17.7. The van der Waals surface area contributed by atoms with Crippen LogP contribution in [-0.2, 0) is 9.59 Å². The molecule has 15 heavy (non-hydrogen) atoms. The van der Waals surface area contributed by atoms with Crippen molar-refractivity contribution in [1.29, 1.82) is 0 Å². The third-order valence-corrected chi connectivity index (χ3v) is 2.38. The van der Waals surface area contributed by atoms with Crippen LogP contribution in [0.15, 0.2) is 12.2 Å². The molecule has 0 spiro atoms. The van der Waals surface area contributed by atoms with Crippen LogP contribution in [0, 0.1) is 0 Å². The van der Waals surface area contributed by atoms with Crippen molar-refractivity contribution in [3.05, 3.63) is 12.2 Å². The summed E-state index contributed by atoms with van der Waals surface area (Å²) in [7, 11) is 0. The largest absolute Gasteiger partial charge is 0.478 e. The van der Waals surface area contributed by atoms with Crippen LogP contribution in [0.25, 0.3) is 0 Å². The predicted molar refractivity (Wildman–Crippen MR) is 53.2 cm³/mol. The third kappa shape index (κ3) is 4.12. The van der Waals surface area contributed by atoms with Crippen molar-refractivity contribution in [3.8, 4) is 0 Å². The zero-order chi connectivity index (χ0) is 11.3. The van der Waals surface area contributed by atoms with Crippen molar-refractivity contribution in [2.75, 3.05) is 13.1 Å². The summed E-state index contributed by atoms with van der Waals surface area (Å²) >= 11 is 0. The smallest absolute Gasteiger partial charge is 0.328 e. The normalized spacial score (nSPS) is 22.7. The van der Waals surface area contributed by atoms with Crippen molar-refractivity contribution >= 4 is 11.9 Å². The zero-order valence-corrected chi connectivity index (χ0v) is 8.43. The van der Waals surface area contributed by atoms with E-state index in [-0.39, 0.29) is 12.0 Å². The molecule has 5 nitrogen and oxygen atoms in total. The van der Waals surface area contributed by atoms with Crippen molar-refractivity contribution < 1.29 is 19.8 Å². The maximum Gasteiger partial charge on any atom is 0.328 e. The van der Waals surface area contributed by atoms with Crippen LogP contribution in [0.2, 0.25) is 0 Å². The molecular weight excluding hydrogens is 198 g/mol. The molecule has 84 valence electrons. The second-order valence-electron chi connectivity index (χ2n) is 3.58. The first-order chi connectivity index (χ1) is 7.09. The summed E-state index contributed by atoms with van der Waals surface area (Å²) in [6.07, 6.45) is 3.57. The number of carboxylic acid groups (broad SMARTS) is 1. The van der Waals surface area contributed by atoms with E-state index < -0.39 is 5.97 Å². The van der Waals surface area contributed by atoms with Gasteiger partial charge in [0.15, 0.2) is 0 Å². The van der Waals surface area contributed by atoms with Gasteiger partial charge in [-0.25, -0.2) is 4.79 Å². The van der Waals surface area contributed by atoms with Crippen LogP contribution in [0.3, 0.4) is 0 Å². The van der Waals surface area contributed by atoms with E-state index in [1.807, 2.05) is 0 Å². The number of aliphatic carboxylic acids is 1. The monoisotopic (exact) mass is 213 g/mol. The summed E-state index contributed by atoms with van der Waals surface area (Å²) in [6.45, 7) is 1.07. The highest BCUT2D eigenvalue weighted by atomic mass is 16.4. The number of nitrogens with zero attached hydrogens (tertiary/aromatic N) is 1. The fraction of sp³-hybridized carbons (Fsp3) is 0.600. The molecule has 1 saturated heterocycles. The van der Waals surface area contributed by atoms with Crippen molar-refractivity contribution in [1.82, 2.24) is 4.90 Å². The molecule has 0 aromatic carbocycles. The summed E-state index contributed by atoms with van der Waals surface area (Å²) in [5.41, 5.74) is 0. The molecule has 1 aliphatic heterocycles. The van der Waals surface area contributed by atoms with Gasteiger partial charge in [-0.2, -0.15) is 0 Å². The Morgan fingerprint density at radius 1 is 1.20 bits per heavy atom. The minimum atomic E-state index is -1.13. The van der Waals surface area contributed by atoms with Gasteiger partial charge in [0.1, 0.15) is 0 Å². The van der Waals surface area contributed by atoms with Gasteiger partial charge >= 0.3 is 5.97 Å². The average molecular weight is 213 g/mol. The Bertz CT molecular complexity index is 275. The van der Waals surface area contributed by atoms with Gasteiger partial charge < -0.3 is 15.1 Å². The second-order valence-corrected chi connectivity index (χ2v) is 3.58. The Hall–Kier alpha value is -1.36. The maximum absolute atomic E-state index is 11.5. The molecule has 5 heteroatoms. The van der Waals surface area contributed by atoms with E-state index in [1.165, 1.54) is 0 Å². The van der Waals surface area contributed by atoms with Crippen LogP contribution in [0.4, 0.5) is 0 Å². The molecule has 0 aromatic heterocycles. The first-order valence-corrected chi connectivity index (χ1v) is 4.97. The van der Waals surface area contributed by atoms with Crippen molar-refractivity contribution in [3.63, 3.8) is 0 Å². The number of rotatable bonds is 2. The summed E-state index contributed by atoms with van der Waals surface area (Å²) in [6, 6.07) is 0. The molecular formula is C10H15NO4. The molecule has 2 N–H and O–H groups in total. The van der Waals surface area contributed by atoms with Crippen molar-refractivity contribution in [2.24, 2.45) is 0 Å². The third-order valence-electron chi connectivity index (χ3n) is 2.38. The lowest BCUT2D eigenvalue weighted by molar-refractivity contribution is -0.132. The first-order valence-electron chi connectivity index (χ1n) is 4.97. The topological polar surface area (TPSA) is 77.8 Å². The number of carbonyl (C=O) groups excluding carboxylic acids is 1. The molecule has 1 amide bonds. The molecule has 0 radical (unpaired) electrons. The zero-order valence-electron chi connectivity index (χ0n) is 8.43. The Morgan fingerprint density at radius 2 is 1.93 bits per heavy atom. The Morgan fingerprint density at radius 3 is 2.60 bits per heavy atom. The number of likely N-dealkylation sites (tertiary alicyclic amines) is 1. The molecule has 1 fully saturated rings. The van der Waals surface area contributed by atoms with Gasteiger partial charge in [0.05, 0.1) is 6.10 Å². The molecule has 0 aliphatic carbocycles. The maximum atomic E-state index is 11.5. The highest BCUT2D eigenvalue weighted by Gasteiger charge is 2.17. The van der Waals surface area contributed by atoms with Crippen molar-refractivity contribution in [2.45, 2.75) is 25.4 Å². The molecule has 1 unspecified atom stereocenters. The molecule has 1 rings (SSSR count). The van der Waals surface area contributed by atoms with Gasteiger partial charge in [0.2, 0.25) is 5.91 Å². The summed E-state index contributed by atoms with van der Waals surface area (Å²) in [5.74, 6) is -1.43. The number of aliphatic hydroxyl groups is 1.